The normalized spacial score (nSPS) is 25.0. The van der Waals surface area contributed by atoms with Crippen molar-refractivity contribution in [3.05, 3.63) is 0 Å². The van der Waals surface area contributed by atoms with Gasteiger partial charge in [-0.1, -0.05) is 20.8 Å². The lowest BCUT2D eigenvalue weighted by molar-refractivity contribution is -0.147. The maximum Gasteiger partial charge on any atom is 0.328 e. The number of likely N-dealkylation sites (tertiary alicyclic amines) is 1. The molecule has 0 aromatic rings. The Morgan fingerprint density at radius 3 is 2.29 bits per heavy atom. The Hall–Kier alpha value is -1.30. The van der Waals surface area contributed by atoms with Crippen LogP contribution in [0.5, 0.6) is 0 Å². The molecule has 1 N–H and O–H groups in total. The predicted molar refractivity (Wildman–Crippen MR) is 78.1 cm³/mol. The van der Waals surface area contributed by atoms with Gasteiger partial charge in [-0.2, -0.15) is 0 Å². The Balaban J connectivity index is 1.96. The number of hydrogen-bond donors (Lipinski definition) is 1. The Morgan fingerprint density at radius 1 is 1.14 bits per heavy atom. The minimum Gasteiger partial charge on any atom is -0.480 e. The summed E-state index contributed by atoms with van der Waals surface area (Å²) >= 11 is 0. The molecule has 2 amide bonds. The highest BCUT2D eigenvalue weighted by atomic mass is 16.5. The number of urea groups is 1. The van der Waals surface area contributed by atoms with Crippen LogP contribution in [0.2, 0.25) is 0 Å². The molecule has 0 bridgehead atoms. The van der Waals surface area contributed by atoms with Gasteiger partial charge in [0.2, 0.25) is 0 Å². The van der Waals surface area contributed by atoms with E-state index in [-0.39, 0.29) is 18.1 Å². The number of carbonyl (C=O) groups is 2. The molecule has 0 spiro atoms. The highest BCUT2D eigenvalue weighted by molar-refractivity contribution is 5.83. The van der Waals surface area contributed by atoms with Crippen molar-refractivity contribution >= 4 is 12.0 Å². The number of piperidine rings is 1. The van der Waals surface area contributed by atoms with E-state index in [0.29, 0.717) is 32.2 Å². The molecule has 1 atom stereocenters. The first-order valence-electron chi connectivity index (χ1n) is 7.67. The lowest BCUT2D eigenvalue weighted by Gasteiger charge is -2.42. The summed E-state index contributed by atoms with van der Waals surface area (Å²) < 4.78 is 5.18. The largest absolute Gasteiger partial charge is 0.480 e. The fourth-order valence-electron chi connectivity index (χ4n) is 3.16. The van der Waals surface area contributed by atoms with E-state index >= 15 is 0 Å². The van der Waals surface area contributed by atoms with Crippen LogP contribution < -0.4 is 0 Å². The SMILES string of the molecule is CC(C)(C)C1CCN(C(=O)N2CCOCC2C(=O)O)CC1. The molecular formula is C15H26N2O4. The molecule has 120 valence electrons. The Morgan fingerprint density at radius 2 is 1.76 bits per heavy atom. The van der Waals surface area contributed by atoms with Crippen LogP contribution >= 0.6 is 0 Å². The lowest BCUT2D eigenvalue weighted by atomic mass is 9.75. The number of morpholine rings is 1. The van der Waals surface area contributed by atoms with Crippen molar-refractivity contribution in [2.24, 2.45) is 11.3 Å². The van der Waals surface area contributed by atoms with E-state index in [4.69, 9.17) is 4.74 Å². The quantitative estimate of drug-likeness (QED) is 0.799. The van der Waals surface area contributed by atoms with Gasteiger partial charge in [0.05, 0.1) is 13.2 Å². The number of carbonyl (C=O) groups excluding carboxylic acids is 1. The van der Waals surface area contributed by atoms with Crippen LogP contribution in [-0.4, -0.2) is 65.8 Å². The topological polar surface area (TPSA) is 70.1 Å². The summed E-state index contributed by atoms with van der Waals surface area (Å²) in [6, 6.07) is -1.01. The van der Waals surface area contributed by atoms with Crippen LogP contribution in [0.1, 0.15) is 33.6 Å². The molecule has 2 aliphatic heterocycles. The van der Waals surface area contributed by atoms with Crippen molar-refractivity contribution < 1.29 is 19.4 Å². The molecular weight excluding hydrogens is 272 g/mol. The molecule has 0 radical (unpaired) electrons. The first-order chi connectivity index (χ1) is 9.80. The van der Waals surface area contributed by atoms with Gasteiger partial charge in [0.15, 0.2) is 6.04 Å². The molecule has 2 heterocycles. The summed E-state index contributed by atoms with van der Waals surface area (Å²) in [4.78, 5) is 27.0. The first-order valence-corrected chi connectivity index (χ1v) is 7.67. The number of aliphatic carboxylic acids is 1. The second-order valence-electron chi connectivity index (χ2n) is 7.03. The Bertz CT molecular complexity index is 397. The molecule has 21 heavy (non-hydrogen) atoms. The number of rotatable bonds is 1. The molecule has 0 saturated carbocycles. The molecule has 6 heteroatoms. The van der Waals surface area contributed by atoms with Crippen molar-refractivity contribution in [2.75, 3.05) is 32.8 Å². The highest BCUT2D eigenvalue weighted by Crippen LogP contribution is 2.34. The maximum atomic E-state index is 12.6. The summed E-state index contributed by atoms with van der Waals surface area (Å²) in [5.74, 6) is -0.380. The number of amides is 2. The number of nitrogens with zero attached hydrogens (tertiary/aromatic N) is 2. The monoisotopic (exact) mass is 298 g/mol. The Labute approximate surface area is 126 Å². The smallest absolute Gasteiger partial charge is 0.328 e. The summed E-state index contributed by atoms with van der Waals surface area (Å²) in [5, 5.41) is 9.21. The third-order valence-electron chi connectivity index (χ3n) is 4.65. The fraction of sp³-hybridized carbons (Fsp3) is 0.867. The van der Waals surface area contributed by atoms with Gasteiger partial charge in [-0.05, 0) is 24.2 Å². The van der Waals surface area contributed by atoms with Gasteiger partial charge in [-0.15, -0.1) is 0 Å². The summed E-state index contributed by atoms with van der Waals surface area (Å²) in [6.07, 6.45) is 1.97. The average Bonchev–Trinajstić information content (AvgIpc) is 2.45. The van der Waals surface area contributed by atoms with Gasteiger partial charge < -0.3 is 19.6 Å². The fourth-order valence-corrected chi connectivity index (χ4v) is 3.16. The van der Waals surface area contributed by atoms with Crippen molar-refractivity contribution in [2.45, 2.75) is 39.7 Å². The van der Waals surface area contributed by atoms with E-state index in [2.05, 4.69) is 20.8 Å². The van der Waals surface area contributed by atoms with Gasteiger partial charge in [0, 0.05) is 19.6 Å². The molecule has 0 aromatic carbocycles. The van der Waals surface area contributed by atoms with Crippen LogP contribution in [-0.2, 0) is 9.53 Å². The van der Waals surface area contributed by atoms with Crippen molar-refractivity contribution in [3.8, 4) is 0 Å². The minimum atomic E-state index is -0.993. The number of ether oxygens (including phenoxy) is 1. The third-order valence-corrected chi connectivity index (χ3v) is 4.65. The molecule has 2 aliphatic rings. The molecule has 0 aromatic heterocycles. The molecule has 2 saturated heterocycles. The lowest BCUT2D eigenvalue weighted by Crippen LogP contribution is -2.57. The van der Waals surface area contributed by atoms with Gasteiger partial charge in [-0.3, -0.25) is 0 Å². The van der Waals surface area contributed by atoms with Gasteiger partial charge in [0.25, 0.3) is 0 Å². The summed E-state index contributed by atoms with van der Waals surface area (Å²) in [6.45, 7) is 8.98. The van der Waals surface area contributed by atoms with Crippen LogP contribution in [0.15, 0.2) is 0 Å². The standard InChI is InChI=1S/C15H26N2O4/c1-15(2,3)11-4-6-16(7-5-11)14(20)17-8-9-21-10-12(17)13(18)19/h11-12H,4-10H2,1-3H3,(H,18,19). The first kappa shape index (κ1) is 16.1. The number of carboxylic acid groups (broad SMARTS) is 1. The molecule has 0 aliphatic carbocycles. The molecule has 1 unspecified atom stereocenters. The van der Waals surface area contributed by atoms with Gasteiger partial charge in [0.1, 0.15) is 0 Å². The number of carboxylic acids is 1. The van der Waals surface area contributed by atoms with Crippen molar-refractivity contribution in [1.82, 2.24) is 9.80 Å². The van der Waals surface area contributed by atoms with E-state index < -0.39 is 12.0 Å². The summed E-state index contributed by atoms with van der Waals surface area (Å²) in [5.41, 5.74) is 0.262. The minimum absolute atomic E-state index is 0.0829. The Kier molecular flexibility index (Phi) is 4.76. The molecule has 2 rings (SSSR count). The number of hydrogen-bond acceptors (Lipinski definition) is 3. The zero-order chi connectivity index (χ0) is 15.6. The van der Waals surface area contributed by atoms with E-state index in [1.165, 1.54) is 4.90 Å². The predicted octanol–water partition coefficient (Wildman–Crippen LogP) is 1.65. The van der Waals surface area contributed by atoms with Crippen LogP contribution in [0.3, 0.4) is 0 Å². The maximum absolute atomic E-state index is 12.6. The molecule has 2 fully saturated rings. The highest BCUT2D eigenvalue weighted by Gasteiger charge is 2.37. The van der Waals surface area contributed by atoms with Gasteiger partial charge in [-0.25, -0.2) is 9.59 Å². The zero-order valence-electron chi connectivity index (χ0n) is 13.2. The van der Waals surface area contributed by atoms with Gasteiger partial charge >= 0.3 is 12.0 Å². The van der Waals surface area contributed by atoms with E-state index in [9.17, 15) is 14.7 Å². The molecule has 6 nitrogen and oxygen atoms in total. The van der Waals surface area contributed by atoms with E-state index in [1.54, 1.807) is 4.90 Å². The summed E-state index contributed by atoms with van der Waals surface area (Å²) in [7, 11) is 0. The second-order valence-corrected chi connectivity index (χ2v) is 7.03. The van der Waals surface area contributed by atoms with Crippen LogP contribution in [0.25, 0.3) is 0 Å². The van der Waals surface area contributed by atoms with E-state index in [0.717, 1.165) is 12.8 Å². The van der Waals surface area contributed by atoms with Crippen molar-refractivity contribution in [1.29, 1.82) is 0 Å². The zero-order valence-corrected chi connectivity index (χ0v) is 13.2. The third kappa shape index (κ3) is 3.67. The van der Waals surface area contributed by atoms with Crippen LogP contribution in [0.4, 0.5) is 4.79 Å². The average molecular weight is 298 g/mol. The van der Waals surface area contributed by atoms with Crippen molar-refractivity contribution in [3.63, 3.8) is 0 Å². The van der Waals surface area contributed by atoms with Crippen LogP contribution in [0, 0.1) is 11.3 Å². The second kappa shape index (κ2) is 6.22. The van der Waals surface area contributed by atoms with E-state index in [1.807, 2.05) is 0 Å².